The van der Waals surface area contributed by atoms with E-state index in [-0.39, 0.29) is 0 Å². The highest BCUT2D eigenvalue weighted by Crippen LogP contribution is 2.14. The van der Waals surface area contributed by atoms with Gasteiger partial charge in [0.1, 0.15) is 0 Å². The summed E-state index contributed by atoms with van der Waals surface area (Å²) < 4.78 is 1.86. The molecule has 2 aromatic rings. The highest BCUT2D eigenvalue weighted by molar-refractivity contribution is 9.09. The molecule has 0 unspecified atom stereocenters. The Hall–Kier alpha value is -1.35. The molecule has 0 spiro atoms. The van der Waals surface area contributed by atoms with E-state index in [9.17, 15) is 0 Å². The van der Waals surface area contributed by atoms with Crippen molar-refractivity contribution in [1.82, 2.24) is 9.78 Å². The van der Waals surface area contributed by atoms with Crippen molar-refractivity contribution in [2.45, 2.75) is 13.3 Å². The molecule has 0 aliphatic heterocycles. The van der Waals surface area contributed by atoms with Gasteiger partial charge in [-0.25, -0.2) is 4.68 Å². The molecule has 0 amide bonds. The van der Waals surface area contributed by atoms with Crippen LogP contribution in [-0.4, -0.2) is 15.1 Å². The van der Waals surface area contributed by atoms with E-state index in [4.69, 9.17) is 0 Å². The average Bonchev–Trinajstić information content (AvgIpc) is 2.90. The van der Waals surface area contributed by atoms with Gasteiger partial charge < -0.3 is 0 Å². The van der Waals surface area contributed by atoms with Crippen LogP contribution in [0.1, 0.15) is 18.9 Å². The smallest absolute Gasteiger partial charge is 0.0645 e. The Kier molecular flexibility index (Phi) is 4.15. The van der Waals surface area contributed by atoms with Gasteiger partial charge in [0.15, 0.2) is 0 Å². The summed E-state index contributed by atoms with van der Waals surface area (Å²) in [6.07, 6.45) is 7.03. The lowest BCUT2D eigenvalue weighted by molar-refractivity contribution is 0.880. The first-order valence-corrected chi connectivity index (χ1v) is 6.81. The van der Waals surface area contributed by atoms with E-state index in [2.05, 4.69) is 58.3 Å². The fourth-order valence-corrected chi connectivity index (χ4v) is 2.17. The van der Waals surface area contributed by atoms with Gasteiger partial charge in [-0.05, 0) is 30.2 Å². The number of hydrogen-bond donors (Lipinski definition) is 0. The fourth-order valence-electron chi connectivity index (χ4n) is 1.62. The molecule has 1 heterocycles. The third-order valence-corrected chi connectivity index (χ3v) is 3.38. The van der Waals surface area contributed by atoms with Gasteiger partial charge in [-0.2, -0.15) is 5.10 Å². The molecule has 0 aliphatic rings. The standard InChI is InChI=1S/C14H15BrN2/c1-2-12(11-15)10-13-4-6-14(7-5-13)17-9-3-8-16-17/h3-10H,2,11H2,1H3. The molecule has 2 rings (SSSR count). The van der Waals surface area contributed by atoms with Crippen LogP contribution < -0.4 is 0 Å². The van der Waals surface area contributed by atoms with Crippen LogP contribution in [0.2, 0.25) is 0 Å². The molecule has 0 fully saturated rings. The Morgan fingerprint density at radius 1 is 1.35 bits per heavy atom. The number of nitrogens with zero attached hydrogens (tertiary/aromatic N) is 2. The predicted molar refractivity (Wildman–Crippen MR) is 75.6 cm³/mol. The van der Waals surface area contributed by atoms with Crippen LogP contribution in [0.5, 0.6) is 0 Å². The van der Waals surface area contributed by atoms with Gasteiger partial charge in [0, 0.05) is 17.7 Å². The minimum atomic E-state index is 0.935. The molecule has 0 bridgehead atoms. The Morgan fingerprint density at radius 2 is 2.12 bits per heavy atom. The summed E-state index contributed by atoms with van der Waals surface area (Å²) >= 11 is 3.50. The van der Waals surface area contributed by atoms with Gasteiger partial charge in [0.05, 0.1) is 5.69 Å². The second-order valence-electron chi connectivity index (χ2n) is 3.83. The molecule has 1 aromatic carbocycles. The largest absolute Gasteiger partial charge is 0.241 e. The van der Waals surface area contributed by atoms with Crippen LogP contribution in [0.25, 0.3) is 11.8 Å². The number of aromatic nitrogens is 2. The maximum absolute atomic E-state index is 4.20. The molecule has 0 atom stereocenters. The van der Waals surface area contributed by atoms with Crippen LogP contribution in [0.15, 0.2) is 48.3 Å². The van der Waals surface area contributed by atoms with E-state index in [0.29, 0.717) is 0 Å². The maximum atomic E-state index is 4.20. The molecule has 88 valence electrons. The second-order valence-corrected chi connectivity index (χ2v) is 4.39. The highest BCUT2D eigenvalue weighted by Gasteiger charge is 1.96. The zero-order valence-corrected chi connectivity index (χ0v) is 11.4. The summed E-state index contributed by atoms with van der Waals surface area (Å²) in [6.45, 7) is 2.17. The van der Waals surface area contributed by atoms with E-state index in [1.165, 1.54) is 11.1 Å². The third kappa shape index (κ3) is 3.07. The van der Waals surface area contributed by atoms with Crippen LogP contribution in [0.4, 0.5) is 0 Å². The minimum absolute atomic E-state index is 0.935. The average molecular weight is 291 g/mol. The van der Waals surface area contributed by atoms with Gasteiger partial charge >= 0.3 is 0 Å². The number of allylic oxidation sites excluding steroid dienone is 1. The van der Waals surface area contributed by atoms with E-state index >= 15 is 0 Å². The Labute approximate surface area is 110 Å². The van der Waals surface area contributed by atoms with Gasteiger partial charge in [-0.3, -0.25) is 0 Å². The minimum Gasteiger partial charge on any atom is -0.241 e. The van der Waals surface area contributed by atoms with Crippen molar-refractivity contribution in [3.63, 3.8) is 0 Å². The fraction of sp³-hybridized carbons (Fsp3) is 0.214. The Bertz CT molecular complexity index is 477. The molecule has 0 radical (unpaired) electrons. The van der Waals surface area contributed by atoms with Crippen LogP contribution >= 0.6 is 15.9 Å². The monoisotopic (exact) mass is 290 g/mol. The van der Waals surface area contributed by atoms with Gasteiger partial charge in [-0.1, -0.05) is 46.6 Å². The van der Waals surface area contributed by atoms with Gasteiger partial charge in [0.25, 0.3) is 0 Å². The third-order valence-electron chi connectivity index (χ3n) is 2.66. The molecule has 0 saturated carbocycles. The molecule has 0 N–H and O–H groups in total. The molecule has 0 aliphatic carbocycles. The van der Waals surface area contributed by atoms with Crippen LogP contribution in [-0.2, 0) is 0 Å². The zero-order valence-electron chi connectivity index (χ0n) is 9.81. The van der Waals surface area contributed by atoms with E-state index < -0.39 is 0 Å². The first-order valence-electron chi connectivity index (χ1n) is 5.69. The van der Waals surface area contributed by atoms with Crippen molar-refractivity contribution in [3.8, 4) is 5.69 Å². The Morgan fingerprint density at radius 3 is 2.65 bits per heavy atom. The number of halogens is 1. The van der Waals surface area contributed by atoms with E-state index in [1.807, 2.05) is 16.9 Å². The zero-order chi connectivity index (χ0) is 12.1. The van der Waals surface area contributed by atoms with Crippen molar-refractivity contribution in [3.05, 3.63) is 53.9 Å². The number of hydrogen-bond acceptors (Lipinski definition) is 1. The number of alkyl halides is 1. The first kappa shape index (κ1) is 12.1. The number of benzene rings is 1. The van der Waals surface area contributed by atoms with Gasteiger partial charge in [-0.15, -0.1) is 0 Å². The van der Waals surface area contributed by atoms with E-state index in [0.717, 1.165) is 17.4 Å². The number of rotatable bonds is 4. The SMILES string of the molecule is CCC(=Cc1ccc(-n2cccn2)cc1)CBr. The summed E-state index contributed by atoms with van der Waals surface area (Å²) in [5, 5.41) is 5.14. The topological polar surface area (TPSA) is 17.8 Å². The van der Waals surface area contributed by atoms with E-state index in [1.54, 1.807) is 6.20 Å². The molecule has 3 heteroatoms. The molecule has 17 heavy (non-hydrogen) atoms. The molecule has 1 aromatic heterocycles. The van der Waals surface area contributed by atoms with Crippen molar-refractivity contribution >= 4 is 22.0 Å². The lowest BCUT2D eigenvalue weighted by atomic mass is 10.1. The summed E-state index contributed by atoms with van der Waals surface area (Å²) in [7, 11) is 0. The lowest BCUT2D eigenvalue weighted by Crippen LogP contribution is -1.93. The summed E-state index contributed by atoms with van der Waals surface area (Å²) in [5.41, 5.74) is 3.72. The van der Waals surface area contributed by atoms with Gasteiger partial charge in [0.2, 0.25) is 0 Å². The maximum Gasteiger partial charge on any atom is 0.0645 e. The molecule has 0 saturated heterocycles. The Balaban J connectivity index is 2.21. The highest BCUT2D eigenvalue weighted by atomic mass is 79.9. The lowest BCUT2D eigenvalue weighted by Gasteiger charge is -2.03. The summed E-state index contributed by atoms with van der Waals surface area (Å²) in [4.78, 5) is 0. The summed E-state index contributed by atoms with van der Waals surface area (Å²) in [5.74, 6) is 0. The molecular weight excluding hydrogens is 276 g/mol. The summed E-state index contributed by atoms with van der Waals surface area (Å²) in [6, 6.07) is 10.3. The predicted octanol–water partition coefficient (Wildman–Crippen LogP) is 4.06. The normalized spacial score (nSPS) is 11.8. The quantitative estimate of drug-likeness (QED) is 0.777. The van der Waals surface area contributed by atoms with Crippen molar-refractivity contribution in [2.24, 2.45) is 0 Å². The molecule has 2 nitrogen and oxygen atoms in total. The first-order chi connectivity index (χ1) is 8.33. The molecular formula is C14H15BrN2. The van der Waals surface area contributed by atoms with Crippen LogP contribution in [0.3, 0.4) is 0 Å². The van der Waals surface area contributed by atoms with Crippen molar-refractivity contribution < 1.29 is 0 Å². The van der Waals surface area contributed by atoms with Crippen LogP contribution in [0, 0.1) is 0 Å². The van der Waals surface area contributed by atoms with Crippen molar-refractivity contribution in [2.75, 3.05) is 5.33 Å². The second kappa shape index (κ2) is 5.82. The van der Waals surface area contributed by atoms with Crippen molar-refractivity contribution in [1.29, 1.82) is 0 Å².